The summed E-state index contributed by atoms with van der Waals surface area (Å²) in [5.41, 5.74) is -1.20. The van der Waals surface area contributed by atoms with Gasteiger partial charge >= 0.3 is 17.9 Å². The van der Waals surface area contributed by atoms with Gasteiger partial charge in [-0.15, -0.1) is 5.06 Å². The minimum atomic E-state index is -0.955. The van der Waals surface area contributed by atoms with Gasteiger partial charge in [-0.1, -0.05) is 51.4 Å². The summed E-state index contributed by atoms with van der Waals surface area (Å²) in [7, 11) is 0. The minimum absolute atomic E-state index is 0.00361. The first kappa shape index (κ1) is 55.8. The summed E-state index contributed by atoms with van der Waals surface area (Å²) < 4.78 is 31.9. The second kappa shape index (κ2) is 32.5. The molecule has 1 saturated heterocycles. The first-order chi connectivity index (χ1) is 29.4. The molecule has 1 fully saturated rings. The molecule has 5 amide bonds. The van der Waals surface area contributed by atoms with Crippen LogP contribution in [-0.2, 0) is 71.6 Å². The molecule has 1 aliphatic heterocycles. The van der Waals surface area contributed by atoms with Crippen molar-refractivity contribution in [2.45, 2.75) is 162 Å². The Morgan fingerprint density at radius 2 is 1.00 bits per heavy atom. The van der Waals surface area contributed by atoms with E-state index in [1.807, 2.05) is 20.8 Å². The van der Waals surface area contributed by atoms with Crippen LogP contribution in [0.15, 0.2) is 0 Å². The summed E-state index contributed by atoms with van der Waals surface area (Å²) in [4.78, 5) is 101. The Kier molecular flexibility index (Phi) is 29.2. The molecule has 0 spiro atoms. The zero-order valence-electron chi connectivity index (χ0n) is 38.0. The van der Waals surface area contributed by atoms with Gasteiger partial charge in [0.15, 0.2) is 0 Å². The molecule has 0 aromatic carbocycles. The van der Waals surface area contributed by atoms with Crippen molar-refractivity contribution in [3.05, 3.63) is 0 Å². The van der Waals surface area contributed by atoms with Gasteiger partial charge in [0.25, 0.3) is 11.8 Å². The van der Waals surface area contributed by atoms with Crippen LogP contribution in [0.25, 0.3) is 0 Å². The number of esters is 2. The zero-order valence-corrected chi connectivity index (χ0v) is 38.0. The van der Waals surface area contributed by atoms with E-state index in [0.29, 0.717) is 17.9 Å². The number of imide groups is 1. The highest BCUT2D eigenvalue weighted by Crippen LogP contribution is 2.16. The van der Waals surface area contributed by atoms with Crippen molar-refractivity contribution in [2.75, 3.05) is 65.9 Å². The third kappa shape index (κ3) is 31.6. The quantitative estimate of drug-likeness (QED) is 0.0469. The Morgan fingerprint density at radius 1 is 0.532 bits per heavy atom. The molecule has 0 saturated carbocycles. The Hall–Kier alpha value is -4.20. The molecule has 0 aromatic rings. The SMILES string of the molecule is CC(C)(C)OC(=O)CCCCCCCCCCCCC(=O)N[C@@H](CCC(=O)NCCOCCOCC(=O)NCCOCCOCC(=O)ON1C(=O)CCC1=O)C(=O)OC(C)(C)C. The average molecular weight is 887 g/mol. The van der Waals surface area contributed by atoms with Crippen molar-refractivity contribution in [1.29, 1.82) is 0 Å². The van der Waals surface area contributed by atoms with Crippen LogP contribution in [0.3, 0.4) is 0 Å². The number of carbonyl (C=O) groups is 8. The summed E-state index contributed by atoms with van der Waals surface area (Å²) in [6, 6.07) is -0.955. The molecule has 0 aliphatic carbocycles. The molecular formula is C43H74N4O15. The standard InChI is InChI=1S/C43H74N4O15/c1-42(2,3)60-39(53)18-16-14-12-10-8-7-9-11-13-15-17-35(49)46-33(41(55)61-43(4,5)6)19-20-34(48)44-23-25-56-27-29-58-31-36(50)45-24-26-57-28-30-59-32-40(54)62-47-37(51)21-22-38(47)52/h33H,7-32H2,1-6H3,(H,44,48)(H,45,50)(H,46,49)/t33-/m0/s1. The first-order valence-electron chi connectivity index (χ1n) is 22.0. The molecule has 19 nitrogen and oxygen atoms in total. The smallest absolute Gasteiger partial charge is 0.358 e. The van der Waals surface area contributed by atoms with Crippen molar-refractivity contribution < 1.29 is 71.6 Å². The van der Waals surface area contributed by atoms with E-state index in [4.69, 9.17) is 28.4 Å². The lowest BCUT2D eigenvalue weighted by Crippen LogP contribution is -2.44. The Balaban J connectivity index is 2.09. The number of carbonyl (C=O) groups excluding carboxylic acids is 8. The van der Waals surface area contributed by atoms with Crippen LogP contribution >= 0.6 is 0 Å². The third-order valence-corrected chi connectivity index (χ3v) is 8.67. The number of nitrogens with one attached hydrogen (secondary N) is 3. The minimum Gasteiger partial charge on any atom is -0.460 e. The normalized spacial score (nSPS) is 13.4. The molecule has 1 atom stereocenters. The van der Waals surface area contributed by atoms with Crippen molar-refractivity contribution >= 4 is 47.4 Å². The summed E-state index contributed by atoms with van der Waals surface area (Å²) in [6.45, 7) is 11.5. The molecule has 0 radical (unpaired) electrons. The maximum absolute atomic E-state index is 12.9. The van der Waals surface area contributed by atoms with E-state index in [0.717, 1.165) is 57.8 Å². The van der Waals surface area contributed by atoms with Crippen molar-refractivity contribution in [3.8, 4) is 0 Å². The molecule has 1 aliphatic rings. The highest BCUT2D eigenvalue weighted by atomic mass is 16.7. The van der Waals surface area contributed by atoms with Crippen LogP contribution in [0.2, 0.25) is 0 Å². The van der Waals surface area contributed by atoms with Crippen LogP contribution in [0, 0.1) is 0 Å². The van der Waals surface area contributed by atoms with E-state index in [1.165, 1.54) is 0 Å². The maximum Gasteiger partial charge on any atom is 0.358 e. The van der Waals surface area contributed by atoms with Crippen LogP contribution < -0.4 is 16.0 Å². The summed E-state index contributed by atoms with van der Waals surface area (Å²) in [5, 5.41) is 8.55. The fourth-order valence-corrected chi connectivity index (χ4v) is 5.74. The van der Waals surface area contributed by atoms with Gasteiger partial charge in [-0.25, -0.2) is 9.59 Å². The molecule has 3 N–H and O–H groups in total. The van der Waals surface area contributed by atoms with E-state index in [-0.39, 0.29) is 115 Å². The molecule has 0 bridgehead atoms. The van der Waals surface area contributed by atoms with Gasteiger partial charge in [0.1, 0.15) is 30.5 Å². The lowest BCUT2D eigenvalue weighted by molar-refractivity contribution is -0.200. The molecule has 62 heavy (non-hydrogen) atoms. The molecule has 1 heterocycles. The van der Waals surface area contributed by atoms with Crippen LogP contribution in [0.4, 0.5) is 0 Å². The summed E-state index contributed by atoms with van der Waals surface area (Å²) >= 11 is 0. The van der Waals surface area contributed by atoms with Crippen LogP contribution in [-0.4, -0.2) is 136 Å². The second-order valence-corrected chi connectivity index (χ2v) is 16.9. The number of hydrogen-bond donors (Lipinski definition) is 3. The number of hydrogen-bond acceptors (Lipinski definition) is 15. The van der Waals surface area contributed by atoms with Crippen LogP contribution in [0.5, 0.6) is 0 Å². The number of hydroxylamine groups is 2. The van der Waals surface area contributed by atoms with Gasteiger partial charge in [0, 0.05) is 45.2 Å². The van der Waals surface area contributed by atoms with Crippen molar-refractivity contribution in [2.24, 2.45) is 0 Å². The first-order valence-corrected chi connectivity index (χ1v) is 22.0. The lowest BCUT2D eigenvalue weighted by Gasteiger charge is -2.24. The van der Waals surface area contributed by atoms with Gasteiger partial charge in [0.2, 0.25) is 17.7 Å². The van der Waals surface area contributed by atoms with Crippen molar-refractivity contribution in [1.82, 2.24) is 21.0 Å². The maximum atomic E-state index is 12.9. The summed E-state index contributed by atoms with van der Waals surface area (Å²) in [5.74, 6) is -3.67. The van der Waals surface area contributed by atoms with Crippen molar-refractivity contribution in [3.63, 3.8) is 0 Å². The van der Waals surface area contributed by atoms with E-state index in [1.54, 1.807) is 20.8 Å². The fourth-order valence-electron chi connectivity index (χ4n) is 5.74. The molecule has 356 valence electrons. The topological polar surface area (TPSA) is 240 Å². The average Bonchev–Trinajstić information content (AvgIpc) is 3.49. The van der Waals surface area contributed by atoms with Gasteiger partial charge < -0.3 is 49.2 Å². The molecule has 0 unspecified atom stereocenters. The predicted octanol–water partition coefficient (Wildman–Crippen LogP) is 3.52. The Morgan fingerprint density at radius 3 is 1.53 bits per heavy atom. The monoisotopic (exact) mass is 887 g/mol. The summed E-state index contributed by atoms with van der Waals surface area (Å²) in [6.07, 6.45) is 10.9. The number of amides is 5. The largest absolute Gasteiger partial charge is 0.460 e. The van der Waals surface area contributed by atoms with Crippen LogP contribution in [0.1, 0.15) is 144 Å². The predicted molar refractivity (Wildman–Crippen MR) is 225 cm³/mol. The lowest BCUT2D eigenvalue weighted by atomic mass is 10.0. The van der Waals surface area contributed by atoms with E-state index in [9.17, 15) is 38.4 Å². The number of unbranched alkanes of at least 4 members (excludes halogenated alkanes) is 9. The molecule has 1 rings (SSSR count). The van der Waals surface area contributed by atoms with E-state index < -0.39 is 47.6 Å². The Labute approximate surface area is 367 Å². The van der Waals surface area contributed by atoms with Gasteiger partial charge in [-0.05, 0) is 60.8 Å². The van der Waals surface area contributed by atoms with Gasteiger partial charge in [-0.3, -0.25) is 28.8 Å². The fraction of sp³-hybridized carbons (Fsp3) is 0.814. The molecule has 0 aromatic heterocycles. The highest BCUT2D eigenvalue weighted by molar-refractivity contribution is 6.01. The second-order valence-electron chi connectivity index (χ2n) is 16.9. The third-order valence-electron chi connectivity index (χ3n) is 8.67. The number of nitrogens with zero attached hydrogens (tertiary/aromatic N) is 1. The highest BCUT2D eigenvalue weighted by Gasteiger charge is 2.33. The number of rotatable bonds is 35. The molecule has 19 heteroatoms. The zero-order chi connectivity index (χ0) is 46.2. The molecular weight excluding hydrogens is 812 g/mol. The van der Waals surface area contributed by atoms with E-state index >= 15 is 0 Å². The number of ether oxygens (including phenoxy) is 6. The van der Waals surface area contributed by atoms with Gasteiger partial charge in [-0.2, -0.15) is 0 Å². The van der Waals surface area contributed by atoms with Gasteiger partial charge in [0.05, 0.1) is 39.6 Å². The Bertz CT molecular complexity index is 1360. The van der Waals surface area contributed by atoms with E-state index in [2.05, 4.69) is 20.8 Å².